The summed E-state index contributed by atoms with van der Waals surface area (Å²) in [6, 6.07) is 58.9. The van der Waals surface area contributed by atoms with Crippen LogP contribution in [0.1, 0.15) is 11.1 Å². The van der Waals surface area contributed by atoms with Gasteiger partial charge in [-0.15, -0.1) is 0 Å². The second kappa shape index (κ2) is 10.9. The van der Waals surface area contributed by atoms with Gasteiger partial charge in [-0.3, -0.25) is 0 Å². The summed E-state index contributed by atoms with van der Waals surface area (Å²) >= 11 is 0. The minimum atomic E-state index is 0.597. The van der Waals surface area contributed by atoms with Crippen molar-refractivity contribution in [3.05, 3.63) is 169 Å². The maximum Gasteiger partial charge on any atom is 0.0992 e. The Morgan fingerprint density at radius 3 is 1.54 bits per heavy atom. The third-order valence-corrected chi connectivity index (χ3v) is 9.40. The number of rotatable bonds is 4. The molecule has 2 aromatic heterocycles. The van der Waals surface area contributed by atoms with Crippen molar-refractivity contribution in [1.82, 2.24) is 9.13 Å². The Morgan fingerprint density at radius 2 is 0.896 bits per heavy atom. The Morgan fingerprint density at radius 1 is 0.375 bits per heavy atom. The van der Waals surface area contributed by atoms with Crippen molar-refractivity contribution in [2.75, 3.05) is 0 Å². The van der Waals surface area contributed by atoms with Crippen molar-refractivity contribution in [1.29, 1.82) is 10.5 Å². The van der Waals surface area contributed by atoms with Gasteiger partial charge in [-0.1, -0.05) is 97.1 Å². The lowest BCUT2D eigenvalue weighted by Gasteiger charge is -2.18. The summed E-state index contributed by atoms with van der Waals surface area (Å²) in [5, 5.41) is 24.4. The lowest BCUT2D eigenvalue weighted by atomic mass is 9.91. The topological polar surface area (TPSA) is 57.4 Å². The van der Waals surface area contributed by atoms with Crippen LogP contribution in [0.5, 0.6) is 0 Å². The van der Waals surface area contributed by atoms with Gasteiger partial charge in [0.2, 0.25) is 0 Å². The Balaban J connectivity index is 1.24. The van der Waals surface area contributed by atoms with Crippen LogP contribution in [0.2, 0.25) is 0 Å². The van der Waals surface area contributed by atoms with Gasteiger partial charge in [0.1, 0.15) is 0 Å². The van der Waals surface area contributed by atoms with E-state index in [9.17, 15) is 10.5 Å². The SMILES string of the molecule is N#Cc1ccc(-c2ccc(-n3c4ccccc4c4ccccc43)cc2)c(-c2ccccc2-n2c3ccccc3c3ccc(C#N)cc32)c1. The van der Waals surface area contributed by atoms with Crippen LogP contribution in [0.3, 0.4) is 0 Å². The molecule has 0 aliphatic heterocycles. The quantitative estimate of drug-likeness (QED) is 0.199. The van der Waals surface area contributed by atoms with Crippen LogP contribution in [0, 0.1) is 22.7 Å². The summed E-state index contributed by atoms with van der Waals surface area (Å²) < 4.78 is 4.57. The second-order valence-electron chi connectivity index (χ2n) is 12.0. The highest BCUT2D eigenvalue weighted by Gasteiger charge is 2.19. The first kappa shape index (κ1) is 27.4. The molecule has 222 valence electrons. The van der Waals surface area contributed by atoms with Gasteiger partial charge in [0.05, 0.1) is 51.0 Å². The summed E-state index contributed by atoms with van der Waals surface area (Å²) in [5.74, 6) is 0. The largest absolute Gasteiger partial charge is 0.309 e. The van der Waals surface area contributed by atoms with E-state index in [0.717, 1.165) is 55.4 Å². The molecule has 2 heterocycles. The number of nitrogens with zero attached hydrogens (tertiary/aromatic N) is 4. The molecule has 0 radical (unpaired) electrons. The fourth-order valence-electron chi connectivity index (χ4n) is 7.28. The fraction of sp³-hybridized carbons (Fsp3) is 0. The Bertz CT molecular complexity index is 2750. The van der Waals surface area contributed by atoms with E-state index in [0.29, 0.717) is 11.1 Å². The summed E-state index contributed by atoms with van der Waals surface area (Å²) in [7, 11) is 0. The molecule has 0 bridgehead atoms. The van der Waals surface area contributed by atoms with Gasteiger partial charge in [-0.2, -0.15) is 10.5 Å². The summed E-state index contributed by atoms with van der Waals surface area (Å²) in [6.07, 6.45) is 0. The Hall–Kier alpha value is -6.88. The minimum Gasteiger partial charge on any atom is -0.309 e. The first-order chi connectivity index (χ1) is 23.7. The normalized spacial score (nSPS) is 11.3. The van der Waals surface area contributed by atoms with E-state index < -0.39 is 0 Å². The van der Waals surface area contributed by atoms with Gasteiger partial charge < -0.3 is 9.13 Å². The molecule has 48 heavy (non-hydrogen) atoms. The van der Waals surface area contributed by atoms with Crippen LogP contribution in [-0.2, 0) is 0 Å². The average molecular weight is 611 g/mol. The first-order valence-corrected chi connectivity index (χ1v) is 15.9. The van der Waals surface area contributed by atoms with Crippen molar-refractivity contribution in [2.24, 2.45) is 0 Å². The van der Waals surface area contributed by atoms with Crippen molar-refractivity contribution in [2.45, 2.75) is 0 Å². The van der Waals surface area contributed by atoms with E-state index in [-0.39, 0.29) is 0 Å². The van der Waals surface area contributed by atoms with Gasteiger partial charge in [0.25, 0.3) is 0 Å². The van der Waals surface area contributed by atoms with Gasteiger partial charge in [0, 0.05) is 32.8 Å². The van der Waals surface area contributed by atoms with Gasteiger partial charge >= 0.3 is 0 Å². The number of hydrogen-bond acceptors (Lipinski definition) is 2. The monoisotopic (exact) mass is 610 g/mol. The van der Waals surface area contributed by atoms with Gasteiger partial charge in [-0.25, -0.2) is 0 Å². The minimum absolute atomic E-state index is 0.597. The molecule has 0 saturated carbocycles. The molecule has 0 aliphatic rings. The van der Waals surface area contributed by atoms with Gasteiger partial charge in [0.15, 0.2) is 0 Å². The maximum atomic E-state index is 9.99. The number of fused-ring (bicyclic) bond motifs is 6. The lowest BCUT2D eigenvalue weighted by molar-refractivity contribution is 1.18. The van der Waals surface area contributed by atoms with E-state index in [1.165, 1.54) is 21.8 Å². The zero-order chi connectivity index (χ0) is 32.2. The molecule has 9 rings (SSSR count). The molecular formula is C44H26N4. The van der Waals surface area contributed by atoms with Gasteiger partial charge in [-0.05, 0) is 77.4 Å². The number of aromatic nitrogens is 2. The summed E-state index contributed by atoms with van der Waals surface area (Å²) in [6.45, 7) is 0. The third kappa shape index (κ3) is 4.14. The van der Waals surface area contributed by atoms with Crippen LogP contribution >= 0.6 is 0 Å². The first-order valence-electron chi connectivity index (χ1n) is 15.9. The third-order valence-electron chi connectivity index (χ3n) is 9.40. The number of para-hydroxylation sites is 4. The molecule has 4 nitrogen and oxygen atoms in total. The molecular weight excluding hydrogens is 585 g/mol. The van der Waals surface area contributed by atoms with E-state index in [4.69, 9.17) is 0 Å². The van der Waals surface area contributed by atoms with E-state index >= 15 is 0 Å². The Labute approximate surface area is 277 Å². The molecule has 0 fully saturated rings. The zero-order valence-corrected chi connectivity index (χ0v) is 25.8. The lowest BCUT2D eigenvalue weighted by Crippen LogP contribution is -1.99. The molecule has 9 aromatic rings. The van der Waals surface area contributed by atoms with Crippen LogP contribution in [-0.4, -0.2) is 9.13 Å². The average Bonchev–Trinajstić information content (AvgIpc) is 3.67. The fourth-order valence-corrected chi connectivity index (χ4v) is 7.28. The highest BCUT2D eigenvalue weighted by Crippen LogP contribution is 2.41. The molecule has 0 unspecified atom stereocenters. The molecule has 0 amide bonds. The predicted molar refractivity (Wildman–Crippen MR) is 195 cm³/mol. The standard InChI is InChI=1S/C44H26N4/c45-27-29-17-23-33(31-19-21-32(22-20-31)47-40-13-5-1-9-34(40)35-10-2-6-14-41(35)47)39(25-29)37-12-4-8-16-43(37)48-42-15-7-3-11-36(42)38-24-18-30(28-46)26-44(38)48/h1-26H. The highest BCUT2D eigenvalue weighted by molar-refractivity contribution is 6.11. The predicted octanol–water partition coefficient (Wildman–Crippen LogP) is 11.0. The van der Waals surface area contributed by atoms with Crippen molar-refractivity contribution in [3.63, 3.8) is 0 Å². The highest BCUT2D eigenvalue weighted by atomic mass is 15.0. The second-order valence-corrected chi connectivity index (χ2v) is 12.0. The van der Waals surface area contributed by atoms with Crippen molar-refractivity contribution in [3.8, 4) is 45.8 Å². The summed E-state index contributed by atoms with van der Waals surface area (Å²) in [4.78, 5) is 0. The Kier molecular flexibility index (Phi) is 6.22. The molecule has 7 aromatic carbocycles. The van der Waals surface area contributed by atoms with Crippen LogP contribution in [0.25, 0.3) is 77.2 Å². The molecule has 0 atom stereocenters. The van der Waals surface area contributed by atoms with Crippen molar-refractivity contribution >= 4 is 43.6 Å². The van der Waals surface area contributed by atoms with E-state index in [1.54, 1.807) is 0 Å². The number of nitriles is 2. The van der Waals surface area contributed by atoms with Crippen LogP contribution in [0.15, 0.2) is 158 Å². The molecule has 0 spiro atoms. The zero-order valence-electron chi connectivity index (χ0n) is 25.8. The molecule has 0 saturated heterocycles. The molecule has 0 N–H and O–H groups in total. The van der Waals surface area contributed by atoms with Crippen molar-refractivity contribution < 1.29 is 0 Å². The smallest absolute Gasteiger partial charge is 0.0992 e. The number of benzene rings is 7. The van der Waals surface area contributed by atoms with Crippen LogP contribution < -0.4 is 0 Å². The molecule has 0 aliphatic carbocycles. The molecule has 4 heteroatoms. The maximum absolute atomic E-state index is 9.99. The van der Waals surface area contributed by atoms with Crippen LogP contribution in [0.4, 0.5) is 0 Å². The summed E-state index contributed by atoms with van der Waals surface area (Å²) in [5.41, 5.74) is 11.7. The van der Waals surface area contributed by atoms with E-state index in [1.807, 2.05) is 54.6 Å². The van der Waals surface area contributed by atoms with E-state index in [2.05, 4.69) is 124 Å². The number of hydrogen-bond donors (Lipinski definition) is 0.